The minimum Gasteiger partial charge on any atom is -0.326 e. The zero-order valence-electron chi connectivity index (χ0n) is 10.4. The van der Waals surface area contributed by atoms with Crippen LogP contribution in [0.5, 0.6) is 0 Å². The average molecular weight is 332 g/mol. The van der Waals surface area contributed by atoms with Gasteiger partial charge in [0.25, 0.3) is 5.69 Å². The molecule has 0 saturated carbocycles. The average Bonchev–Trinajstić information content (AvgIpc) is 2.84. The number of nitro benzene ring substituents is 1. The SMILES string of the molecule is O=[N+]([O-])c1cc(Br)ccc1Cn1cnc2ccccc21. The molecule has 1 aromatic heterocycles. The van der Waals surface area contributed by atoms with E-state index in [0.29, 0.717) is 16.6 Å². The molecule has 0 aliphatic heterocycles. The summed E-state index contributed by atoms with van der Waals surface area (Å²) in [5.74, 6) is 0. The van der Waals surface area contributed by atoms with E-state index in [1.807, 2.05) is 28.8 Å². The first-order valence-corrected chi connectivity index (χ1v) is 6.77. The lowest BCUT2D eigenvalue weighted by molar-refractivity contribution is -0.385. The molecule has 0 spiro atoms. The van der Waals surface area contributed by atoms with Gasteiger partial charge in [-0.05, 0) is 24.3 Å². The van der Waals surface area contributed by atoms with Crippen molar-refractivity contribution in [2.45, 2.75) is 6.54 Å². The fourth-order valence-corrected chi connectivity index (χ4v) is 2.51. The van der Waals surface area contributed by atoms with Crippen molar-refractivity contribution in [2.24, 2.45) is 0 Å². The normalized spacial score (nSPS) is 10.8. The van der Waals surface area contributed by atoms with Gasteiger partial charge >= 0.3 is 0 Å². The van der Waals surface area contributed by atoms with Gasteiger partial charge in [-0.2, -0.15) is 0 Å². The van der Waals surface area contributed by atoms with E-state index in [2.05, 4.69) is 20.9 Å². The van der Waals surface area contributed by atoms with Crippen molar-refractivity contribution in [3.05, 3.63) is 68.9 Å². The number of aromatic nitrogens is 2. The molecule has 3 aromatic rings. The standard InChI is InChI=1S/C14H10BrN3O2/c15-11-6-5-10(14(7-11)18(19)20)8-17-9-16-12-3-1-2-4-13(12)17/h1-7,9H,8H2. The molecular weight excluding hydrogens is 322 g/mol. The van der Waals surface area contributed by atoms with Gasteiger partial charge in [0.2, 0.25) is 0 Å². The first kappa shape index (κ1) is 12.8. The summed E-state index contributed by atoms with van der Waals surface area (Å²) in [5.41, 5.74) is 2.61. The maximum atomic E-state index is 11.1. The van der Waals surface area contributed by atoms with Gasteiger partial charge in [0.05, 0.1) is 28.8 Å². The minimum absolute atomic E-state index is 0.108. The van der Waals surface area contributed by atoms with Crippen molar-refractivity contribution < 1.29 is 4.92 Å². The minimum atomic E-state index is -0.362. The molecule has 5 nitrogen and oxygen atoms in total. The second-order valence-electron chi connectivity index (χ2n) is 4.39. The Kier molecular flexibility index (Phi) is 3.23. The molecule has 0 amide bonds. The number of fused-ring (bicyclic) bond motifs is 1. The van der Waals surface area contributed by atoms with Gasteiger partial charge in [0.15, 0.2) is 0 Å². The summed E-state index contributed by atoms with van der Waals surface area (Å²) in [6.07, 6.45) is 1.70. The molecule has 0 N–H and O–H groups in total. The van der Waals surface area contributed by atoms with E-state index in [-0.39, 0.29) is 10.6 Å². The van der Waals surface area contributed by atoms with E-state index in [4.69, 9.17) is 0 Å². The lowest BCUT2D eigenvalue weighted by Gasteiger charge is -2.06. The molecule has 20 heavy (non-hydrogen) atoms. The van der Waals surface area contributed by atoms with Crippen LogP contribution in [-0.4, -0.2) is 14.5 Å². The Morgan fingerprint density at radius 2 is 2.05 bits per heavy atom. The molecule has 0 aliphatic rings. The molecule has 1 heterocycles. The lowest BCUT2D eigenvalue weighted by Crippen LogP contribution is -2.02. The van der Waals surface area contributed by atoms with Gasteiger partial charge in [-0.15, -0.1) is 0 Å². The van der Waals surface area contributed by atoms with Gasteiger partial charge in [-0.3, -0.25) is 10.1 Å². The van der Waals surface area contributed by atoms with Crippen molar-refractivity contribution in [3.8, 4) is 0 Å². The summed E-state index contributed by atoms with van der Waals surface area (Å²) in [5, 5.41) is 11.1. The summed E-state index contributed by atoms with van der Waals surface area (Å²) in [7, 11) is 0. The van der Waals surface area contributed by atoms with Gasteiger partial charge in [-0.1, -0.05) is 28.1 Å². The van der Waals surface area contributed by atoms with Crippen LogP contribution in [-0.2, 0) is 6.54 Å². The first-order valence-electron chi connectivity index (χ1n) is 5.98. The number of para-hydroxylation sites is 2. The highest BCUT2D eigenvalue weighted by atomic mass is 79.9. The number of hydrogen-bond acceptors (Lipinski definition) is 3. The molecular formula is C14H10BrN3O2. The quantitative estimate of drug-likeness (QED) is 0.542. The second-order valence-corrected chi connectivity index (χ2v) is 5.31. The highest BCUT2D eigenvalue weighted by molar-refractivity contribution is 9.10. The van der Waals surface area contributed by atoms with Crippen LogP contribution in [0.1, 0.15) is 5.56 Å². The van der Waals surface area contributed by atoms with Crippen molar-refractivity contribution in [2.75, 3.05) is 0 Å². The fourth-order valence-electron chi connectivity index (χ4n) is 2.16. The zero-order chi connectivity index (χ0) is 14.1. The van der Waals surface area contributed by atoms with Gasteiger partial charge < -0.3 is 4.57 Å². The molecule has 0 radical (unpaired) electrons. The Balaban J connectivity index is 2.05. The molecule has 2 aromatic carbocycles. The summed E-state index contributed by atoms with van der Waals surface area (Å²) in [4.78, 5) is 15.1. The molecule has 0 aliphatic carbocycles. The third-order valence-corrected chi connectivity index (χ3v) is 3.61. The van der Waals surface area contributed by atoms with E-state index in [0.717, 1.165) is 11.0 Å². The summed E-state index contributed by atoms with van der Waals surface area (Å²) < 4.78 is 2.61. The third kappa shape index (κ3) is 2.30. The van der Waals surface area contributed by atoms with Crippen LogP contribution >= 0.6 is 15.9 Å². The smallest absolute Gasteiger partial charge is 0.275 e. The highest BCUT2D eigenvalue weighted by Crippen LogP contribution is 2.25. The van der Waals surface area contributed by atoms with Crippen LogP contribution in [0.25, 0.3) is 11.0 Å². The number of halogens is 1. The summed E-state index contributed by atoms with van der Waals surface area (Å²) in [6, 6.07) is 12.8. The van der Waals surface area contributed by atoms with Crippen LogP contribution in [0.15, 0.2) is 53.3 Å². The van der Waals surface area contributed by atoms with Crippen molar-refractivity contribution in [1.29, 1.82) is 0 Å². The molecule has 0 atom stereocenters. The molecule has 0 bridgehead atoms. The largest absolute Gasteiger partial charge is 0.326 e. The Hall–Kier alpha value is -2.21. The molecule has 100 valence electrons. The van der Waals surface area contributed by atoms with Gasteiger partial charge in [0, 0.05) is 16.1 Å². The predicted molar refractivity (Wildman–Crippen MR) is 79.6 cm³/mol. The zero-order valence-corrected chi connectivity index (χ0v) is 11.9. The molecule has 0 saturated heterocycles. The van der Waals surface area contributed by atoms with E-state index in [1.54, 1.807) is 18.5 Å². The number of nitro groups is 1. The van der Waals surface area contributed by atoms with Gasteiger partial charge in [0.1, 0.15) is 0 Å². The summed E-state index contributed by atoms with van der Waals surface area (Å²) >= 11 is 3.26. The van der Waals surface area contributed by atoms with E-state index < -0.39 is 0 Å². The van der Waals surface area contributed by atoms with Gasteiger partial charge in [-0.25, -0.2) is 4.98 Å². The maximum absolute atomic E-state index is 11.1. The van der Waals surface area contributed by atoms with Crippen LogP contribution in [0.3, 0.4) is 0 Å². The second kappa shape index (κ2) is 5.05. The van der Waals surface area contributed by atoms with Crippen LogP contribution in [0.4, 0.5) is 5.69 Å². The molecule has 0 unspecified atom stereocenters. The van der Waals surface area contributed by atoms with Crippen molar-refractivity contribution in [1.82, 2.24) is 9.55 Å². The lowest BCUT2D eigenvalue weighted by atomic mass is 10.2. The number of nitrogens with zero attached hydrogens (tertiary/aromatic N) is 3. The Morgan fingerprint density at radius 3 is 2.85 bits per heavy atom. The molecule has 3 rings (SSSR count). The van der Waals surface area contributed by atoms with E-state index in [1.165, 1.54) is 6.07 Å². The van der Waals surface area contributed by atoms with E-state index >= 15 is 0 Å². The molecule has 6 heteroatoms. The summed E-state index contributed by atoms with van der Waals surface area (Å²) in [6.45, 7) is 0.421. The van der Waals surface area contributed by atoms with E-state index in [9.17, 15) is 10.1 Å². The van der Waals surface area contributed by atoms with Crippen molar-refractivity contribution in [3.63, 3.8) is 0 Å². The first-order chi connectivity index (χ1) is 9.65. The number of imidazole rings is 1. The Labute approximate surface area is 123 Å². The highest BCUT2D eigenvalue weighted by Gasteiger charge is 2.15. The van der Waals surface area contributed by atoms with Crippen LogP contribution in [0, 0.1) is 10.1 Å². The monoisotopic (exact) mass is 331 g/mol. The Morgan fingerprint density at radius 1 is 1.25 bits per heavy atom. The van der Waals surface area contributed by atoms with Crippen LogP contribution < -0.4 is 0 Å². The number of rotatable bonds is 3. The maximum Gasteiger partial charge on any atom is 0.275 e. The Bertz CT molecular complexity index is 798. The number of benzene rings is 2. The fraction of sp³-hybridized carbons (Fsp3) is 0.0714. The number of hydrogen-bond donors (Lipinski definition) is 0. The van der Waals surface area contributed by atoms with Crippen LogP contribution in [0.2, 0.25) is 0 Å². The predicted octanol–water partition coefficient (Wildman–Crippen LogP) is 3.76. The topological polar surface area (TPSA) is 61.0 Å². The molecule has 0 fully saturated rings. The third-order valence-electron chi connectivity index (χ3n) is 3.11. The van der Waals surface area contributed by atoms with Crippen molar-refractivity contribution >= 4 is 32.7 Å².